The van der Waals surface area contributed by atoms with Gasteiger partial charge in [0.05, 0.1) is 23.4 Å². The molecule has 1 aromatic rings. The van der Waals surface area contributed by atoms with Crippen molar-refractivity contribution in [3.63, 3.8) is 0 Å². The van der Waals surface area contributed by atoms with E-state index in [1.165, 1.54) is 24.3 Å². The summed E-state index contributed by atoms with van der Waals surface area (Å²) < 4.78 is 0. The van der Waals surface area contributed by atoms with E-state index in [0.717, 1.165) is 25.7 Å². The van der Waals surface area contributed by atoms with Crippen LogP contribution in [0.4, 0.5) is 11.4 Å². The second-order valence-corrected chi connectivity index (χ2v) is 5.72. The van der Waals surface area contributed by atoms with Gasteiger partial charge >= 0.3 is 0 Å². The summed E-state index contributed by atoms with van der Waals surface area (Å²) in [5.74, 6) is -1.78. The number of benzene rings is 1. The molecule has 0 unspecified atom stereocenters. The van der Waals surface area contributed by atoms with Crippen molar-refractivity contribution in [3.8, 4) is 0 Å². The van der Waals surface area contributed by atoms with E-state index >= 15 is 0 Å². The van der Waals surface area contributed by atoms with Gasteiger partial charge in [-0.1, -0.05) is 6.07 Å². The van der Waals surface area contributed by atoms with E-state index in [1.54, 1.807) is 5.32 Å². The van der Waals surface area contributed by atoms with Gasteiger partial charge in [-0.25, -0.2) is 0 Å². The summed E-state index contributed by atoms with van der Waals surface area (Å²) in [6, 6.07) is 4.77. The number of hydrogen-bond acceptors (Lipinski definition) is 5. The van der Waals surface area contributed by atoms with E-state index in [9.17, 15) is 24.8 Å². The molecule has 0 spiro atoms. The number of carbonyl (C=O) groups excluding carboxylic acids is 2. The van der Waals surface area contributed by atoms with Crippen molar-refractivity contribution in [2.24, 2.45) is 0 Å². The van der Waals surface area contributed by atoms with Gasteiger partial charge < -0.3 is 20.5 Å². The summed E-state index contributed by atoms with van der Waals surface area (Å²) in [5.41, 5.74) is 0.124. The number of non-ortho nitro benzene ring substituents is 1. The summed E-state index contributed by atoms with van der Waals surface area (Å²) in [7, 11) is 0. The van der Waals surface area contributed by atoms with Crippen molar-refractivity contribution in [3.05, 3.63) is 34.4 Å². The molecule has 0 radical (unpaired) electrons. The van der Waals surface area contributed by atoms with Gasteiger partial charge in [-0.15, -0.1) is 0 Å². The molecule has 3 N–H and O–H groups in total. The number of carboxylic acids is 1. The van der Waals surface area contributed by atoms with Crippen LogP contribution in [0.1, 0.15) is 32.1 Å². The zero-order valence-corrected chi connectivity index (χ0v) is 12.6. The Morgan fingerprint density at radius 3 is 2.65 bits per heavy atom. The highest BCUT2D eigenvalue weighted by Gasteiger charge is 2.25. The van der Waals surface area contributed by atoms with E-state index in [2.05, 4.69) is 5.32 Å². The minimum atomic E-state index is -1.27. The number of rotatable bonds is 7. The predicted octanol–water partition coefficient (Wildman–Crippen LogP) is -0.452. The lowest BCUT2D eigenvalue weighted by atomic mass is 10.1. The van der Waals surface area contributed by atoms with Crippen LogP contribution >= 0.6 is 0 Å². The predicted molar refractivity (Wildman–Crippen MR) is 79.3 cm³/mol. The fourth-order valence-corrected chi connectivity index (χ4v) is 2.82. The Kier molecular flexibility index (Phi) is 5.64. The maximum atomic E-state index is 12.0. The maximum absolute atomic E-state index is 12.0. The van der Waals surface area contributed by atoms with Crippen LogP contribution in [0.2, 0.25) is 0 Å². The van der Waals surface area contributed by atoms with Gasteiger partial charge in [0, 0.05) is 17.8 Å². The second-order valence-electron chi connectivity index (χ2n) is 5.72. The molecule has 0 saturated heterocycles. The number of carboxylic acid groups (broad SMARTS) is 1. The minimum absolute atomic E-state index is 0.142. The monoisotopic (exact) mass is 321 g/mol. The number of nitrogens with two attached hydrogens (primary N) is 1. The van der Waals surface area contributed by atoms with Crippen LogP contribution in [-0.4, -0.2) is 28.9 Å². The Morgan fingerprint density at radius 1 is 1.35 bits per heavy atom. The van der Waals surface area contributed by atoms with E-state index in [0.29, 0.717) is 0 Å². The number of quaternary nitrogens is 1. The molecule has 1 aliphatic rings. The number of hydrogen-bond donors (Lipinski definition) is 2. The Labute approximate surface area is 133 Å². The lowest BCUT2D eigenvalue weighted by molar-refractivity contribution is -0.713. The lowest BCUT2D eigenvalue weighted by Crippen LogP contribution is -2.97. The third-order valence-electron chi connectivity index (χ3n) is 3.95. The fourth-order valence-electron chi connectivity index (χ4n) is 2.82. The smallest absolute Gasteiger partial charge is 0.271 e. The average Bonchev–Trinajstić information content (AvgIpc) is 2.99. The molecule has 1 aromatic carbocycles. The first-order valence-corrected chi connectivity index (χ1v) is 7.56. The molecular formula is C15H19N3O5. The number of carbonyl (C=O) groups is 2. The molecule has 1 fully saturated rings. The highest BCUT2D eigenvalue weighted by Crippen LogP contribution is 2.17. The van der Waals surface area contributed by atoms with Crippen LogP contribution in [0.25, 0.3) is 0 Å². The summed E-state index contributed by atoms with van der Waals surface area (Å²) in [6.07, 6.45) is 3.79. The van der Waals surface area contributed by atoms with Crippen molar-refractivity contribution in [1.82, 2.24) is 0 Å². The largest absolute Gasteiger partial charge is 0.544 e. The molecular weight excluding hydrogens is 302 g/mol. The van der Waals surface area contributed by atoms with Crippen molar-refractivity contribution in [2.75, 3.05) is 5.32 Å². The summed E-state index contributed by atoms with van der Waals surface area (Å²) >= 11 is 0. The standard InChI is InChI=1S/C15H19N3O5/c19-14(17-11-6-3-7-12(8-11)18(22)23)9-13(15(20)21)16-10-4-1-2-5-10/h3,6-8,10,13,16H,1-2,4-5,9H2,(H,17,19)(H,20,21)/t13-/m1/s1. The molecule has 1 aliphatic carbocycles. The van der Waals surface area contributed by atoms with Gasteiger partial charge in [-0.3, -0.25) is 14.9 Å². The molecule has 1 atom stereocenters. The van der Waals surface area contributed by atoms with E-state index in [4.69, 9.17) is 0 Å². The first-order chi connectivity index (χ1) is 11.0. The van der Waals surface area contributed by atoms with Crippen LogP contribution in [0.5, 0.6) is 0 Å². The zero-order valence-electron chi connectivity index (χ0n) is 12.6. The van der Waals surface area contributed by atoms with Gasteiger partial charge in [-0.2, -0.15) is 0 Å². The van der Waals surface area contributed by atoms with Crippen molar-refractivity contribution in [1.29, 1.82) is 0 Å². The molecule has 2 rings (SSSR count). The van der Waals surface area contributed by atoms with Gasteiger partial charge in [0.25, 0.3) is 5.69 Å². The summed E-state index contributed by atoms with van der Waals surface area (Å²) in [4.78, 5) is 33.3. The number of aliphatic carboxylic acids is 1. The van der Waals surface area contributed by atoms with Gasteiger partial charge in [-0.05, 0) is 31.7 Å². The van der Waals surface area contributed by atoms with Gasteiger partial charge in [0.1, 0.15) is 6.04 Å². The topological polar surface area (TPSA) is 129 Å². The molecule has 1 saturated carbocycles. The number of nitrogens with one attached hydrogen (secondary N) is 1. The highest BCUT2D eigenvalue weighted by atomic mass is 16.6. The molecule has 0 bridgehead atoms. The zero-order chi connectivity index (χ0) is 16.8. The number of anilines is 1. The van der Waals surface area contributed by atoms with Crippen LogP contribution < -0.4 is 15.7 Å². The van der Waals surface area contributed by atoms with Crippen LogP contribution in [0, 0.1) is 10.1 Å². The molecule has 8 heteroatoms. The van der Waals surface area contributed by atoms with E-state index in [-0.39, 0.29) is 23.8 Å². The average molecular weight is 321 g/mol. The third kappa shape index (κ3) is 5.03. The highest BCUT2D eigenvalue weighted by molar-refractivity contribution is 5.93. The normalized spacial score (nSPS) is 16.0. The van der Waals surface area contributed by atoms with Crippen LogP contribution in [-0.2, 0) is 9.59 Å². The number of nitrogens with zero attached hydrogens (tertiary/aromatic N) is 1. The van der Waals surface area contributed by atoms with Crippen molar-refractivity contribution in [2.45, 2.75) is 44.2 Å². The molecule has 8 nitrogen and oxygen atoms in total. The quantitative estimate of drug-likeness (QED) is 0.519. The third-order valence-corrected chi connectivity index (χ3v) is 3.95. The SMILES string of the molecule is O=C(C[C@@H]([NH2+]C1CCCC1)C(=O)[O-])Nc1cccc([N+](=O)[O-])c1. The number of amides is 1. The molecule has 0 heterocycles. The van der Waals surface area contributed by atoms with Crippen molar-refractivity contribution >= 4 is 23.3 Å². The first-order valence-electron chi connectivity index (χ1n) is 7.56. The Morgan fingerprint density at radius 2 is 2.04 bits per heavy atom. The second kappa shape index (κ2) is 7.68. The Bertz CT molecular complexity index is 599. The molecule has 124 valence electrons. The van der Waals surface area contributed by atoms with E-state index in [1.807, 2.05) is 0 Å². The first kappa shape index (κ1) is 16.9. The molecule has 23 heavy (non-hydrogen) atoms. The lowest BCUT2D eigenvalue weighted by Gasteiger charge is -2.20. The van der Waals surface area contributed by atoms with Crippen LogP contribution in [0.15, 0.2) is 24.3 Å². The minimum Gasteiger partial charge on any atom is -0.544 e. The van der Waals surface area contributed by atoms with Gasteiger partial charge in [0.2, 0.25) is 5.91 Å². The van der Waals surface area contributed by atoms with E-state index < -0.39 is 22.8 Å². The Balaban J connectivity index is 1.94. The number of nitro groups is 1. The fraction of sp³-hybridized carbons (Fsp3) is 0.467. The molecule has 1 amide bonds. The van der Waals surface area contributed by atoms with Gasteiger partial charge in [0.15, 0.2) is 0 Å². The molecule has 0 aliphatic heterocycles. The maximum Gasteiger partial charge on any atom is 0.271 e. The summed E-state index contributed by atoms with van der Waals surface area (Å²) in [6.45, 7) is 0. The van der Waals surface area contributed by atoms with Crippen LogP contribution in [0.3, 0.4) is 0 Å². The number of nitro benzene ring substituents is 1. The van der Waals surface area contributed by atoms with Crippen molar-refractivity contribution < 1.29 is 24.9 Å². The molecule has 0 aromatic heterocycles. The Hall–Kier alpha value is -2.48. The summed E-state index contributed by atoms with van der Waals surface area (Å²) in [5, 5.41) is 26.1.